The summed E-state index contributed by atoms with van der Waals surface area (Å²) < 4.78 is 4.88. The van der Waals surface area contributed by atoms with Gasteiger partial charge in [-0.2, -0.15) is 5.10 Å². The van der Waals surface area contributed by atoms with Gasteiger partial charge in [0.15, 0.2) is 5.65 Å². The number of hydrogen-bond acceptors (Lipinski definition) is 6. The maximum absolute atomic E-state index is 11.8. The molecule has 7 heteroatoms. The number of aromatic nitrogens is 4. The molecule has 0 aromatic carbocycles. The number of fused-ring (bicyclic) bond motifs is 1. The van der Waals surface area contributed by atoms with E-state index in [1.54, 1.807) is 6.20 Å². The van der Waals surface area contributed by atoms with Gasteiger partial charge in [0.2, 0.25) is 0 Å². The number of methoxy groups -OCH3 is 1. The first-order valence-electron chi connectivity index (χ1n) is 6.11. The smallest absolute Gasteiger partial charge is 0.313 e. The molecule has 2 aromatic rings. The van der Waals surface area contributed by atoms with Crippen LogP contribution in [0.3, 0.4) is 0 Å². The number of nitrogens with zero attached hydrogens (tertiary/aromatic N) is 4. The lowest BCUT2D eigenvalue weighted by Gasteiger charge is -2.22. The molecule has 1 fully saturated rings. The number of esters is 1. The second-order valence-electron chi connectivity index (χ2n) is 5.05. The Morgan fingerprint density at radius 1 is 1.53 bits per heavy atom. The Kier molecular flexibility index (Phi) is 2.62. The molecule has 1 aliphatic heterocycles. The molecule has 0 saturated carbocycles. The summed E-state index contributed by atoms with van der Waals surface area (Å²) in [7, 11) is 1.43. The average molecular weight is 261 g/mol. The second kappa shape index (κ2) is 4.18. The summed E-state index contributed by atoms with van der Waals surface area (Å²) in [5.74, 6) is 0.638. The summed E-state index contributed by atoms with van der Waals surface area (Å²) in [6, 6.07) is 0. The second-order valence-corrected chi connectivity index (χ2v) is 5.05. The molecule has 0 radical (unpaired) electrons. The van der Waals surface area contributed by atoms with Crippen molar-refractivity contribution in [3.8, 4) is 0 Å². The molecule has 0 bridgehead atoms. The number of ether oxygens (including phenoxy) is 1. The van der Waals surface area contributed by atoms with Gasteiger partial charge in [0.25, 0.3) is 0 Å². The fourth-order valence-corrected chi connectivity index (χ4v) is 2.56. The van der Waals surface area contributed by atoms with E-state index in [1.165, 1.54) is 13.4 Å². The average Bonchev–Trinajstić information content (AvgIpc) is 3.04. The molecule has 3 rings (SSSR count). The normalized spacial score (nSPS) is 22.9. The molecule has 1 aliphatic rings. The summed E-state index contributed by atoms with van der Waals surface area (Å²) in [4.78, 5) is 22.3. The summed E-state index contributed by atoms with van der Waals surface area (Å²) in [6.07, 6.45) is 3.96. The third-order valence-corrected chi connectivity index (χ3v) is 3.68. The lowest BCUT2D eigenvalue weighted by Crippen LogP contribution is -2.33. The minimum absolute atomic E-state index is 0.174. The van der Waals surface area contributed by atoms with Crippen LogP contribution in [0.2, 0.25) is 0 Å². The van der Waals surface area contributed by atoms with E-state index < -0.39 is 5.41 Å². The van der Waals surface area contributed by atoms with Crippen molar-refractivity contribution in [1.82, 2.24) is 20.2 Å². The Bertz CT molecular complexity index is 625. The standard InChI is InChI=1S/C12H15N5O2/c1-12(11(18)19-2)3-4-17(6-12)10-8-5-15-16-9(8)13-7-14-10/h5,7H,3-4,6H2,1-2H3,(H,13,14,15,16). The Morgan fingerprint density at radius 3 is 3.16 bits per heavy atom. The van der Waals surface area contributed by atoms with Crippen molar-refractivity contribution in [3.63, 3.8) is 0 Å². The molecule has 100 valence electrons. The molecule has 0 amide bonds. The Balaban J connectivity index is 1.93. The molecular weight excluding hydrogens is 246 g/mol. The van der Waals surface area contributed by atoms with Gasteiger partial charge in [-0.15, -0.1) is 0 Å². The Hall–Kier alpha value is -2.18. The highest BCUT2D eigenvalue weighted by molar-refractivity contribution is 5.87. The summed E-state index contributed by atoms with van der Waals surface area (Å²) in [5, 5.41) is 7.67. The van der Waals surface area contributed by atoms with E-state index >= 15 is 0 Å². The van der Waals surface area contributed by atoms with Crippen LogP contribution in [-0.4, -0.2) is 46.3 Å². The lowest BCUT2D eigenvalue weighted by atomic mass is 9.90. The number of rotatable bonds is 2. The van der Waals surface area contributed by atoms with Gasteiger partial charge in [0, 0.05) is 13.1 Å². The summed E-state index contributed by atoms with van der Waals surface area (Å²) in [6.45, 7) is 3.28. The van der Waals surface area contributed by atoms with Gasteiger partial charge in [-0.25, -0.2) is 9.97 Å². The van der Waals surface area contributed by atoms with Crippen molar-refractivity contribution >= 4 is 22.8 Å². The predicted molar refractivity (Wildman–Crippen MR) is 68.6 cm³/mol. The van der Waals surface area contributed by atoms with Crippen molar-refractivity contribution in [2.24, 2.45) is 5.41 Å². The topological polar surface area (TPSA) is 84.0 Å². The zero-order valence-electron chi connectivity index (χ0n) is 10.9. The van der Waals surface area contributed by atoms with Crippen molar-refractivity contribution in [1.29, 1.82) is 0 Å². The molecule has 19 heavy (non-hydrogen) atoms. The number of aromatic amines is 1. The van der Waals surface area contributed by atoms with E-state index in [0.717, 1.165) is 24.2 Å². The number of hydrogen-bond donors (Lipinski definition) is 1. The molecule has 2 aromatic heterocycles. The largest absolute Gasteiger partial charge is 0.469 e. The molecule has 0 spiro atoms. The van der Waals surface area contributed by atoms with Gasteiger partial charge in [0.1, 0.15) is 12.1 Å². The highest BCUT2D eigenvalue weighted by atomic mass is 16.5. The molecule has 3 heterocycles. The predicted octanol–water partition coefficient (Wildman–Crippen LogP) is 0.742. The maximum Gasteiger partial charge on any atom is 0.313 e. The number of carbonyl (C=O) groups is 1. The van der Waals surface area contributed by atoms with Crippen LogP contribution in [-0.2, 0) is 9.53 Å². The van der Waals surface area contributed by atoms with Gasteiger partial charge in [-0.3, -0.25) is 9.89 Å². The quantitative estimate of drug-likeness (QED) is 0.803. The number of carbonyl (C=O) groups excluding carboxylic acids is 1. The highest BCUT2D eigenvalue weighted by Gasteiger charge is 2.42. The third kappa shape index (κ3) is 1.81. The minimum atomic E-state index is -0.476. The Morgan fingerprint density at radius 2 is 2.37 bits per heavy atom. The van der Waals surface area contributed by atoms with E-state index in [0.29, 0.717) is 12.2 Å². The SMILES string of the molecule is COC(=O)C1(C)CCN(c2ncnc3[nH]ncc23)C1. The van der Waals surface area contributed by atoms with Crippen molar-refractivity contribution < 1.29 is 9.53 Å². The van der Waals surface area contributed by atoms with Gasteiger partial charge in [-0.1, -0.05) is 0 Å². The van der Waals surface area contributed by atoms with Crippen LogP contribution in [0.15, 0.2) is 12.5 Å². The lowest BCUT2D eigenvalue weighted by molar-refractivity contribution is -0.150. The fourth-order valence-electron chi connectivity index (χ4n) is 2.56. The number of H-pyrrole nitrogens is 1. The molecular formula is C12H15N5O2. The first kappa shape index (κ1) is 11.9. The molecule has 1 unspecified atom stereocenters. The number of nitrogens with one attached hydrogen (secondary N) is 1. The van der Waals surface area contributed by atoms with Crippen LogP contribution in [0.1, 0.15) is 13.3 Å². The van der Waals surface area contributed by atoms with Gasteiger partial charge >= 0.3 is 5.97 Å². The van der Waals surface area contributed by atoms with Gasteiger partial charge in [0.05, 0.1) is 24.1 Å². The van der Waals surface area contributed by atoms with Gasteiger partial charge in [-0.05, 0) is 13.3 Å². The van der Waals surface area contributed by atoms with Crippen LogP contribution in [0.4, 0.5) is 5.82 Å². The van der Waals surface area contributed by atoms with E-state index in [1.807, 2.05) is 6.92 Å². The molecule has 7 nitrogen and oxygen atoms in total. The van der Waals surface area contributed by atoms with Crippen molar-refractivity contribution in [2.45, 2.75) is 13.3 Å². The van der Waals surface area contributed by atoms with E-state index in [9.17, 15) is 4.79 Å². The van der Waals surface area contributed by atoms with E-state index in [-0.39, 0.29) is 5.97 Å². The molecule has 1 N–H and O–H groups in total. The molecule has 0 aliphatic carbocycles. The third-order valence-electron chi connectivity index (χ3n) is 3.68. The minimum Gasteiger partial charge on any atom is -0.469 e. The van der Waals surface area contributed by atoms with E-state index in [4.69, 9.17) is 4.74 Å². The van der Waals surface area contributed by atoms with Crippen LogP contribution in [0, 0.1) is 5.41 Å². The fraction of sp³-hybridized carbons (Fsp3) is 0.500. The monoisotopic (exact) mass is 261 g/mol. The first-order chi connectivity index (χ1) is 9.14. The van der Waals surface area contributed by atoms with Crippen LogP contribution in [0.25, 0.3) is 11.0 Å². The zero-order chi connectivity index (χ0) is 13.5. The molecule has 1 atom stereocenters. The maximum atomic E-state index is 11.8. The van der Waals surface area contributed by atoms with Crippen LogP contribution >= 0.6 is 0 Å². The van der Waals surface area contributed by atoms with Crippen molar-refractivity contribution in [3.05, 3.63) is 12.5 Å². The van der Waals surface area contributed by atoms with Gasteiger partial charge < -0.3 is 9.64 Å². The van der Waals surface area contributed by atoms with Crippen LogP contribution < -0.4 is 4.90 Å². The first-order valence-corrected chi connectivity index (χ1v) is 6.11. The van der Waals surface area contributed by atoms with E-state index in [2.05, 4.69) is 25.1 Å². The molecule has 1 saturated heterocycles. The van der Waals surface area contributed by atoms with Crippen LogP contribution in [0.5, 0.6) is 0 Å². The number of anilines is 1. The summed E-state index contributed by atoms with van der Waals surface area (Å²) >= 11 is 0. The van der Waals surface area contributed by atoms with Crippen molar-refractivity contribution in [2.75, 3.05) is 25.1 Å². The zero-order valence-corrected chi connectivity index (χ0v) is 10.9. The highest BCUT2D eigenvalue weighted by Crippen LogP contribution is 2.35. The Labute approximate surface area is 110 Å². The summed E-state index contributed by atoms with van der Waals surface area (Å²) in [5.41, 5.74) is 0.229.